The summed E-state index contributed by atoms with van der Waals surface area (Å²) in [4.78, 5) is 14.0. The molecule has 0 saturated carbocycles. The van der Waals surface area contributed by atoms with Crippen molar-refractivity contribution < 1.29 is 9.90 Å². The number of hydrogen-bond donors (Lipinski definition) is 2. The van der Waals surface area contributed by atoms with Gasteiger partial charge in [0.1, 0.15) is 0 Å². The molecule has 1 aliphatic heterocycles. The van der Waals surface area contributed by atoms with E-state index in [2.05, 4.69) is 23.2 Å². The maximum atomic E-state index is 11.5. The average Bonchev–Trinajstić information content (AvgIpc) is 2.81. The third-order valence-electron chi connectivity index (χ3n) is 4.98. The number of carboxylic acids is 1. The number of aromatic carboxylic acids is 1. The number of carbonyl (C=O) groups is 1. The van der Waals surface area contributed by atoms with Gasteiger partial charge in [0.05, 0.1) is 11.1 Å². The van der Waals surface area contributed by atoms with Crippen LogP contribution in [-0.4, -0.2) is 53.3 Å². The molecule has 0 radical (unpaired) electrons. The summed E-state index contributed by atoms with van der Waals surface area (Å²) in [7, 11) is 1.96. The van der Waals surface area contributed by atoms with Gasteiger partial charge < -0.3 is 19.9 Å². The van der Waals surface area contributed by atoms with Crippen LogP contribution in [-0.2, 0) is 13.5 Å². The van der Waals surface area contributed by atoms with Crippen LogP contribution in [0.3, 0.4) is 0 Å². The van der Waals surface area contributed by atoms with Crippen molar-refractivity contribution in [2.75, 3.05) is 32.7 Å². The van der Waals surface area contributed by atoms with Crippen molar-refractivity contribution >= 4 is 16.9 Å². The third-order valence-corrected chi connectivity index (χ3v) is 4.98. The predicted octanol–water partition coefficient (Wildman–Crippen LogP) is 2.02. The van der Waals surface area contributed by atoms with Crippen LogP contribution in [0.2, 0.25) is 0 Å². The molecule has 0 bridgehead atoms. The number of benzene rings is 1. The van der Waals surface area contributed by atoms with Crippen LogP contribution in [0.25, 0.3) is 10.9 Å². The number of hydrogen-bond acceptors (Lipinski definition) is 3. The number of nitrogens with zero attached hydrogens (tertiary/aromatic N) is 2. The summed E-state index contributed by atoms with van der Waals surface area (Å²) >= 11 is 0. The Morgan fingerprint density at radius 3 is 2.74 bits per heavy atom. The fraction of sp³-hybridized carbons (Fsp3) is 0.500. The quantitative estimate of drug-likeness (QED) is 0.886. The molecule has 1 saturated heterocycles. The molecule has 1 aromatic carbocycles. The van der Waals surface area contributed by atoms with Crippen LogP contribution in [0.4, 0.5) is 0 Å². The Morgan fingerprint density at radius 1 is 1.30 bits per heavy atom. The maximum Gasteiger partial charge on any atom is 0.337 e. The number of nitrogens with one attached hydrogen (secondary N) is 1. The van der Waals surface area contributed by atoms with Gasteiger partial charge in [-0.3, -0.25) is 0 Å². The second kappa shape index (κ2) is 6.72. The Morgan fingerprint density at radius 2 is 2.04 bits per heavy atom. The highest BCUT2D eigenvalue weighted by Gasteiger charge is 2.18. The zero-order chi connectivity index (χ0) is 16.4. The van der Waals surface area contributed by atoms with E-state index in [4.69, 9.17) is 0 Å². The van der Waals surface area contributed by atoms with Crippen LogP contribution < -0.4 is 5.32 Å². The Labute approximate surface area is 136 Å². The topological polar surface area (TPSA) is 57.5 Å². The van der Waals surface area contributed by atoms with Crippen LogP contribution in [0.5, 0.6) is 0 Å². The van der Waals surface area contributed by atoms with E-state index in [9.17, 15) is 9.90 Å². The lowest BCUT2D eigenvalue weighted by Gasteiger charge is -2.27. The van der Waals surface area contributed by atoms with E-state index in [1.54, 1.807) is 6.07 Å². The lowest BCUT2D eigenvalue weighted by atomic mass is 10.0. The molecule has 1 aromatic heterocycles. The predicted molar refractivity (Wildman–Crippen MR) is 92.2 cm³/mol. The Balaban J connectivity index is 1.82. The van der Waals surface area contributed by atoms with Crippen molar-refractivity contribution in [3.8, 4) is 0 Å². The molecular weight excluding hydrogens is 290 g/mol. The normalized spacial score (nSPS) is 16.1. The molecule has 2 N–H and O–H groups in total. The largest absolute Gasteiger partial charge is 0.478 e. The van der Waals surface area contributed by atoms with Crippen molar-refractivity contribution in [2.24, 2.45) is 7.05 Å². The van der Waals surface area contributed by atoms with Crippen LogP contribution in [0.1, 0.15) is 28.0 Å². The monoisotopic (exact) mass is 315 g/mol. The number of fused-ring (bicyclic) bond motifs is 1. The minimum absolute atomic E-state index is 0.390. The van der Waals surface area contributed by atoms with E-state index < -0.39 is 5.97 Å². The van der Waals surface area contributed by atoms with Crippen LogP contribution in [0, 0.1) is 6.92 Å². The van der Waals surface area contributed by atoms with E-state index in [1.165, 1.54) is 11.3 Å². The molecule has 1 fully saturated rings. The molecular formula is C18H25N3O2. The number of aromatic nitrogens is 1. The molecule has 23 heavy (non-hydrogen) atoms. The van der Waals surface area contributed by atoms with Crippen molar-refractivity contribution in [3.63, 3.8) is 0 Å². The lowest BCUT2D eigenvalue weighted by molar-refractivity contribution is 0.0698. The van der Waals surface area contributed by atoms with Gasteiger partial charge in [-0.05, 0) is 37.9 Å². The molecule has 124 valence electrons. The standard InChI is InChI=1S/C18H25N3O2/c1-13-14(7-4-10-21-11-8-19-9-12-21)15-5-3-6-16(18(22)23)17(15)20(13)2/h3,5-6,19H,4,7-12H2,1-2H3,(H,22,23). The van der Waals surface area contributed by atoms with Gasteiger partial charge >= 0.3 is 5.97 Å². The van der Waals surface area contributed by atoms with Crippen LogP contribution >= 0.6 is 0 Å². The highest BCUT2D eigenvalue weighted by atomic mass is 16.4. The first-order valence-electron chi connectivity index (χ1n) is 8.33. The first kappa shape index (κ1) is 16.0. The van der Waals surface area contributed by atoms with Gasteiger partial charge in [0, 0.05) is 44.3 Å². The molecule has 5 nitrogen and oxygen atoms in total. The van der Waals surface area contributed by atoms with Gasteiger partial charge in [-0.1, -0.05) is 12.1 Å². The molecule has 0 amide bonds. The fourth-order valence-corrected chi connectivity index (χ4v) is 3.62. The van der Waals surface area contributed by atoms with Crippen molar-refractivity contribution in [1.29, 1.82) is 0 Å². The summed E-state index contributed by atoms with van der Waals surface area (Å²) in [6, 6.07) is 5.59. The lowest BCUT2D eigenvalue weighted by Crippen LogP contribution is -2.43. The zero-order valence-corrected chi connectivity index (χ0v) is 13.9. The smallest absolute Gasteiger partial charge is 0.337 e. The molecule has 0 spiro atoms. The first-order valence-corrected chi connectivity index (χ1v) is 8.33. The van der Waals surface area contributed by atoms with Crippen molar-refractivity contribution in [2.45, 2.75) is 19.8 Å². The number of piperazine rings is 1. The van der Waals surface area contributed by atoms with Gasteiger partial charge in [-0.25, -0.2) is 4.79 Å². The molecule has 2 heterocycles. The SMILES string of the molecule is Cc1c(CCCN2CCNCC2)c2cccc(C(=O)O)c2n1C. The molecule has 5 heteroatoms. The molecule has 0 atom stereocenters. The minimum Gasteiger partial charge on any atom is -0.478 e. The average molecular weight is 315 g/mol. The molecule has 1 aliphatic rings. The maximum absolute atomic E-state index is 11.5. The van der Waals surface area contributed by atoms with E-state index >= 15 is 0 Å². The van der Waals surface area contributed by atoms with E-state index in [1.807, 2.05) is 17.7 Å². The Kier molecular flexibility index (Phi) is 4.68. The summed E-state index contributed by atoms with van der Waals surface area (Å²) < 4.78 is 2.03. The number of rotatable bonds is 5. The molecule has 3 rings (SSSR count). The van der Waals surface area contributed by atoms with Gasteiger partial charge in [-0.15, -0.1) is 0 Å². The zero-order valence-electron chi connectivity index (χ0n) is 13.9. The van der Waals surface area contributed by atoms with Crippen molar-refractivity contribution in [1.82, 2.24) is 14.8 Å². The minimum atomic E-state index is -0.858. The number of para-hydroxylation sites is 1. The summed E-state index contributed by atoms with van der Waals surface area (Å²) in [5, 5.41) is 13.9. The number of carboxylic acid groups (broad SMARTS) is 1. The fourth-order valence-electron chi connectivity index (χ4n) is 3.62. The molecule has 0 unspecified atom stereocenters. The van der Waals surface area contributed by atoms with Crippen molar-refractivity contribution in [3.05, 3.63) is 35.0 Å². The summed E-state index contributed by atoms with van der Waals surface area (Å²) in [5.41, 5.74) is 3.70. The van der Waals surface area contributed by atoms with E-state index in [0.29, 0.717) is 5.56 Å². The molecule has 0 aliphatic carbocycles. The van der Waals surface area contributed by atoms with E-state index in [0.717, 1.165) is 56.5 Å². The second-order valence-electron chi connectivity index (χ2n) is 6.33. The van der Waals surface area contributed by atoms with Crippen LogP contribution in [0.15, 0.2) is 18.2 Å². The van der Waals surface area contributed by atoms with Gasteiger partial charge in [0.2, 0.25) is 0 Å². The molecule has 2 aromatic rings. The highest BCUT2D eigenvalue weighted by molar-refractivity contribution is 6.03. The Bertz CT molecular complexity index is 715. The van der Waals surface area contributed by atoms with Gasteiger partial charge in [0.25, 0.3) is 0 Å². The second-order valence-corrected chi connectivity index (χ2v) is 6.33. The highest BCUT2D eigenvalue weighted by Crippen LogP contribution is 2.28. The third kappa shape index (κ3) is 3.12. The van der Waals surface area contributed by atoms with Gasteiger partial charge in [-0.2, -0.15) is 0 Å². The first-order chi connectivity index (χ1) is 11.1. The van der Waals surface area contributed by atoms with E-state index in [-0.39, 0.29) is 0 Å². The summed E-state index contributed by atoms with van der Waals surface area (Å²) in [6.07, 6.45) is 2.10. The summed E-state index contributed by atoms with van der Waals surface area (Å²) in [5.74, 6) is -0.858. The number of aryl methyl sites for hydroxylation is 2. The summed E-state index contributed by atoms with van der Waals surface area (Å²) in [6.45, 7) is 7.60. The Hall–Kier alpha value is -1.85. The van der Waals surface area contributed by atoms with Gasteiger partial charge in [0.15, 0.2) is 0 Å².